The molecule has 0 atom stereocenters. The molecular formula is C15H17NS. The molecular weight excluding hydrogens is 226 g/mol. The smallest absolute Gasteiger partial charge is 0.120 e. The van der Waals surface area contributed by atoms with E-state index < -0.39 is 0 Å². The largest absolute Gasteiger partial charge is 0.236 e. The van der Waals surface area contributed by atoms with Crippen LogP contribution >= 0.6 is 11.3 Å². The topological polar surface area (TPSA) is 12.9 Å². The van der Waals surface area contributed by atoms with Gasteiger partial charge < -0.3 is 0 Å². The van der Waals surface area contributed by atoms with Gasteiger partial charge in [0.25, 0.3) is 0 Å². The summed E-state index contributed by atoms with van der Waals surface area (Å²) >= 11 is 1.83. The van der Waals surface area contributed by atoms with Crippen LogP contribution in [0.15, 0.2) is 30.3 Å². The van der Waals surface area contributed by atoms with E-state index in [2.05, 4.69) is 44.2 Å². The third kappa shape index (κ3) is 1.91. The minimum absolute atomic E-state index is 0.284. The minimum atomic E-state index is 0.284. The Morgan fingerprint density at radius 3 is 2.82 bits per heavy atom. The summed E-state index contributed by atoms with van der Waals surface area (Å²) in [7, 11) is 0. The highest BCUT2D eigenvalue weighted by atomic mass is 32.1. The predicted octanol–water partition coefficient (Wildman–Crippen LogP) is 4.89. The summed E-state index contributed by atoms with van der Waals surface area (Å²) in [6, 6.07) is 8.41. The second kappa shape index (κ2) is 3.95. The SMILES string of the molecule is CC1(C)CCCC=C1c1nc2ccccc2s1. The van der Waals surface area contributed by atoms with Crippen LogP contribution in [0.1, 0.15) is 38.1 Å². The zero-order valence-electron chi connectivity index (χ0n) is 10.4. The molecule has 1 heterocycles. The maximum Gasteiger partial charge on any atom is 0.120 e. The van der Waals surface area contributed by atoms with Gasteiger partial charge in [0.05, 0.1) is 10.2 Å². The minimum Gasteiger partial charge on any atom is -0.236 e. The number of allylic oxidation sites excluding steroid dienone is 2. The third-order valence-corrected chi connectivity index (χ3v) is 4.68. The zero-order chi connectivity index (χ0) is 11.9. The summed E-state index contributed by atoms with van der Waals surface area (Å²) < 4.78 is 1.30. The van der Waals surface area contributed by atoms with Crippen molar-refractivity contribution in [2.45, 2.75) is 33.1 Å². The number of fused-ring (bicyclic) bond motifs is 1. The van der Waals surface area contributed by atoms with E-state index in [-0.39, 0.29) is 5.41 Å². The van der Waals surface area contributed by atoms with E-state index in [4.69, 9.17) is 4.98 Å². The molecule has 0 saturated carbocycles. The second-order valence-electron chi connectivity index (χ2n) is 5.38. The van der Waals surface area contributed by atoms with Crippen molar-refractivity contribution in [3.8, 4) is 0 Å². The number of aromatic nitrogens is 1. The van der Waals surface area contributed by atoms with Gasteiger partial charge >= 0.3 is 0 Å². The van der Waals surface area contributed by atoms with Gasteiger partial charge in [-0.05, 0) is 42.4 Å². The summed E-state index contributed by atoms with van der Waals surface area (Å²) in [6.07, 6.45) is 6.17. The number of hydrogen-bond donors (Lipinski definition) is 0. The van der Waals surface area contributed by atoms with Gasteiger partial charge in [-0.3, -0.25) is 0 Å². The van der Waals surface area contributed by atoms with Crippen LogP contribution in [-0.2, 0) is 0 Å². The molecule has 2 heteroatoms. The third-order valence-electron chi connectivity index (χ3n) is 3.61. The van der Waals surface area contributed by atoms with Crippen molar-refractivity contribution in [3.05, 3.63) is 35.3 Å². The normalized spacial score (nSPS) is 19.3. The molecule has 0 unspecified atom stereocenters. The first-order valence-corrected chi connectivity index (χ1v) is 7.05. The van der Waals surface area contributed by atoms with E-state index in [1.54, 1.807) is 0 Å². The van der Waals surface area contributed by atoms with Crippen LogP contribution in [0.4, 0.5) is 0 Å². The maximum absolute atomic E-state index is 4.78. The first kappa shape index (κ1) is 11.0. The lowest BCUT2D eigenvalue weighted by Gasteiger charge is -2.30. The number of thiazole rings is 1. The Morgan fingerprint density at radius 1 is 1.24 bits per heavy atom. The first-order valence-electron chi connectivity index (χ1n) is 6.23. The molecule has 0 bridgehead atoms. The van der Waals surface area contributed by atoms with E-state index in [0.29, 0.717) is 0 Å². The number of rotatable bonds is 1. The fraction of sp³-hybridized carbons (Fsp3) is 0.400. The maximum atomic E-state index is 4.78. The average Bonchev–Trinajstić information content (AvgIpc) is 2.71. The Balaban J connectivity index is 2.12. The lowest BCUT2D eigenvalue weighted by atomic mass is 9.76. The lowest BCUT2D eigenvalue weighted by Crippen LogP contribution is -2.16. The molecule has 2 aromatic rings. The molecule has 1 aliphatic carbocycles. The molecule has 1 aliphatic rings. The highest BCUT2D eigenvalue weighted by Gasteiger charge is 2.28. The van der Waals surface area contributed by atoms with Crippen molar-refractivity contribution in [2.75, 3.05) is 0 Å². The quantitative estimate of drug-likeness (QED) is 0.695. The van der Waals surface area contributed by atoms with Gasteiger partial charge in [0.15, 0.2) is 0 Å². The molecule has 0 amide bonds. The highest BCUT2D eigenvalue weighted by Crippen LogP contribution is 2.44. The molecule has 3 rings (SSSR count). The van der Waals surface area contributed by atoms with E-state index in [1.165, 1.54) is 34.5 Å². The van der Waals surface area contributed by atoms with Crippen LogP contribution in [0.5, 0.6) is 0 Å². The number of hydrogen-bond acceptors (Lipinski definition) is 2. The molecule has 1 aromatic carbocycles. The summed E-state index contributed by atoms with van der Waals surface area (Å²) in [4.78, 5) is 4.78. The van der Waals surface area contributed by atoms with Crippen molar-refractivity contribution >= 4 is 27.1 Å². The Bertz CT molecular complexity index is 544. The van der Waals surface area contributed by atoms with Crippen LogP contribution in [0.2, 0.25) is 0 Å². The van der Waals surface area contributed by atoms with Gasteiger partial charge in [0.2, 0.25) is 0 Å². The monoisotopic (exact) mass is 243 g/mol. The van der Waals surface area contributed by atoms with Crippen LogP contribution in [0.25, 0.3) is 15.8 Å². The van der Waals surface area contributed by atoms with Crippen LogP contribution in [-0.4, -0.2) is 4.98 Å². The Morgan fingerprint density at radius 2 is 2.06 bits per heavy atom. The molecule has 0 saturated heterocycles. The summed E-state index contributed by atoms with van der Waals surface area (Å²) in [5.74, 6) is 0. The van der Waals surface area contributed by atoms with Crippen molar-refractivity contribution in [1.82, 2.24) is 4.98 Å². The van der Waals surface area contributed by atoms with Crippen molar-refractivity contribution in [2.24, 2.45) is 5.41 Å². The Hall–Kier alpha value is -1.15. The predicted molar refractivity (Wildman–Crippen MR) is 75.2 cm³/mol. The van der Waals surface area contributed by atoms with E-state index in [0.717, 1.165) is 5.52 Å². The lowest BCUT2D eigenvalue weighted by molar-refractivity contribution is 0.425. The fourth-order valence-corrected chi connectivity index (χ4v) is 3.75. The van der Waals surface area contributed by atoms with Gasteiger partial charge in [0.1, 0.15) is 5.01 Å². The molecule has 1 aromatic heterocycles. The first-order chi connectivity index (χ1) is 8.17. The van der Waals surface area contributed by atoms with Crippen LogP contribution < -0.4 is 0 Å². The molecule has 17 heavy (non-hydrogen) atoms. The number of benzene rings is 1. The van der Waals surface area contributed by atoms with Crippen molar-refractivity contribution in [1.29, 1.82) is 0 Å². The van der Waals surface area contributed by atoms with Crippen LogP contribution in [0.3, 0.4) is 0 Å². The Labute approximate surface area is 106 Å². The zero-order valence-corrected chi connectivity index (χ0v) is 11.2. The number of nitrogens with zero attached hydrogens (tertiary/aromatic N) is 1. The second-order valence-corrected chi connectivity index (χ2v) is 6.41. The van der Waals surface area contributed by atoms with Gasteiger partial charge in [-0.15, -0.1) is 11.3 Å². The molecule has 88 valence electrons. The molecule has 0 aliphatic heterocycles. The molecule has 0 radical (unpaired) electrons. The standard InChI is InChI=1S/C15H17NS/c1-15(2)10-6-5-7-11(15)14-16-12-8-3-4-9-13(12)17-14/h3-4,7-9H,5-6,10H2,1-2H3. The van der Waals surface area contributed by atoms with Gasteiger partial charge in [0, 0.05) is 0 Å². The molecule has 1 nitrogen and oxygen atoms in total. The average molecular weight is 243 g/mol. The molecule has 0 fully saturated rings. The molecule has 0 spiro atoms. The van der Waals surface area contributed by atoms with E-state index in [9.17, 15) is 0 Å². The molecule has 0 N–H and O–H groups in total. The van der Waals surface area contributed by atoms with Gasteiger partial charge in [-0.1, -0.05) is 32.1 Å². The Kier molecular flexibility index (Phi) is 2.55. The van der Waals surface area contributed by atoms with E-state index in [1.807, 2.05) is 11.3 Å². The van der Waals surface area contributed by atoms with Gasteiger partial charge in [-0.25, -0.2) is 4.98 Å². The summed E-state index contributed by atoms with van der Waals surface area (Å²) in [5, 5.41) is 1.22. The highest BCUT2D eigenvalue weighted by molar-refractivity contribution is 7.19. The van der Waals surface area contributed by atoms with Crippen molar-refractivity contribution < 1.29 is 0 Å². The summed E-state index contributed by atoms with van der Waals surface area (Å²) in [5.41, 5.74) is 2.87. The van der Waals surface area contributed by atoms with Crippen LogP contribution in [0, 0.1) is 5.41 Å². The van der Waals surface area contributed by atoms with Gasteiger partial charge in [-0.2, -0.15) is 0 Å². The fourth-order valence-electron chi connectivity index (χ4n) is 2.57. The van der Waals surface area contributed by atoms with Crippen molar-refractivity contribution in [3.63, 3.8) is 0 Å². The van der Waals surface area contributed by atoms with E-state index >= 15 is 0 Å². The number of para-hydroxylation sites is 1. The summed E-state index contributed by atoms with van der Waals surface area (Å²) in [6.45, 7) is 4.67.